The normalized spacial score (nSPS) is 15.0. The fourth-order valence-electron chi connectivity index (χ4n) is 3.99. The third kappa shape index (κ3) is 6.41. The molecule has 0 spiro atoms. The van der Waals surface area contributed by atoms with Gasteiger partial charge >= 0.3 is 0 Å². The number of anilines is 1. The van der Waals surface area contributed by atoms with Gasteiger partial charge in [-0.15, -0.1) is 0 Å². The van der Waals surface area contributed by atoms with Gasteiger partial charge in [0.2, 0.25) is 5.91 Å². The van der Waals surface area contributed by atoms with Gasteiger partial charge < -0.3 is 4.74 Å². The van der Waals surface area contributed by atoms with E-state index < -0.39 is 9.84 Å². The first kappa shape index (κ1) is 24.8. The molecule has 1 fully saturated rings. The molecule has 1 saturated heterocycles. The van der Waals surface area contributed by atoms with Gasteiger partial charge in [0.25, 0.3) is 0 Å². The van der Waals surface area contributed by atoms with Crippen LogP contribution < -0.4 is 4.90 Å². The number of morpholine rings is 1. The van der Waals surface area contributed by atoms with Crippen molar-refractivity contribution in [1.82, 2.24) is 9.88 Å². The highest BCUT2D eigenvalue weighted by Gasteiger charge is 2.22. The minimum atomic E-state index is -3.42. The molecule has 0 saturated carbocycles. The number of aromatic nitrogens is 1. The predicted molar refractivity (Wildman–Crippen MR) is 136 cm³/mol. The maximum Gasteiger partial charge on any atom is 0.228 e. The second-order valence-electron chi connectivity index (χ2n) is 8.55. The molecule has 0 bridgehead atoms. The molecule has 4 rings (SSSR count). The SMILES string of the molecule is Cc1ccc(S(=O)(=O)CCCC(=O)N(CCCN2CCOCC2)c2nc3ccccc3s2)cc1. The summed E-state index contributed by atoms with van der Waals surface area (Å²) in [6, 6.07) is 14.7. The summed E-state index contributed by atoms with van der Waals surface area (Å²) in [7, 11) is -3.42. The average Bonchev–Trinajstić information content (AvgIpc) is 3.26. The highest BCUT2D eigenvalue weighted by Crippen LogP contribution is 2.29. The highest BCUT2D eigenvalue weighted by molar-refractivity contribution is 7.91. The summed E-state index contributed by atoms with van der Waals surface area (Å²) in [6.45, 7) is 6.68. The fourth-order valence-corrected chi connectivity index (χ4v) is 6.31. The van der Waals surface area contributed by atoms with Crippen LogP contribution in [0.15, 0.2) is 53.4 Å². The van der Waals surface area contributed by atoms with Crippen LogP contribution in [-0.4, -0.2) is 69.4 Å². The number of rotatable bonds is 10. The van der Waals surface area contributed by atoms with Gasteiger partial charge in [-0.3, -0.25) is 14.6 Å². The Morgan fingerprint density at radius 3 is 2.56 bits per heavy atom. The van der Waals surface area contributed by atoms with Crippen molar-refractivity contribution in [1.29, 1.82) is 0 Å². The highest BCUT2D eigenvalue weighted by atomic mass is 32.2. The van der Waals surface area contributed by atoms with E-state index in [2.05, 4.69) is 9.88 Å². The lowest BCUT2D eigenvalue weighted by molar-refractivity contribution is -0.118. The van der Waals surface area contributed by atoms with E-state index in [1.54, 1.807) is 29.2 Å². The Morgan fingerprint density at radius 2 is 1.82 bits per heavy atom. The molecule has 2 heterocycles. The van der Waals surface area contributed by atoms with Crippen molar-refractivity contribution in [2.45, 2.75) is 31.1 Å². The Kier molecular flexibility index (Phi) is 8.31. The monoisotopic (exact) mass is 501 g/mol. The zero-order valence-corrected chi connectivity index (χ0v) is 21.1. The summed E-state index contributed by atoms with van der Waals surface area (Å²) >= 11 is 1.50. The maximum absolute atomic E-state index is 13.2. The summed E-state index contributed by atoms with van der Waals surface area (Å²) in [5, 5.41) is 0.676. The van der Waals surface area contributed by atoms with E-state index in [9.17, 15) is 13.2 Å². The topological polar surface area (TPSA) is 79.8 Å². The van der Waals surface area contributed by atoms with E-state index in [-0.39, 0.29) is 24.5 Å². The molecule has 1 aliphatic rings. The molecule has 9 heteroatoms. The van der Waals surface area contributed by atoms with Gasteiger partial charge in [-0.2, -0.15) is 0 Å². The largest absolute Gasteiger partial charge is 0.379 e. The Labute approximate surface area is 205 Å². The molecule has 0 N–H and O–H groups in total. The lowest BCUT2D eigenvalue weighted by Crippen LogP contribution is -2.39. The number of para-hydroxylation sites is 1. The molecular weight excluding hydrogens is 470 g/mol. The molecule has 1 aliphatic heterocycles. The van der Waals surface area contributed by atoms with Crippen LogP contribution in [0.4, 0.5) is 5.13 Å². The second-order valence-corrected chi connectivity index (χ2v) is 11.7. The zero-order valence-electron chi connectivity index (χ0n) is 19.5. The minimum absolute atomic E-state index is 0.0523. The molecule has 0 aliphatic carbocycles. The van der Waals surface area contributed by atoms with Gasteiger partial charge in [0, 0.05) is 32.6 Å². The minimum Gasteiger partial charge on any atom is -0.379 e. The number of amides is 1. The van der Waals surface area contributed by atoms with Crippen LogP contribution in [0.25, 0.3) is 10.2 Å². The van der Waals surface area contributed by atoms with Crippen LogP contribution in [0.5, 0.6) is 0 Å². The quantitative estimate of drug-likeness (QED) is 0.419. The van der Waals surface area contributed by atoms with E-state index in [0.29, 0.717) is 16.6 Å². The first-order valence-corrected chi connectivity index (χ1v) is 14.1. The summed E-state index contributed by atoms with van der Waals surface area (Å²) < 4.78 is 31.8. The van der Waals surface area contributed by atoms with Crippen molar-refractivity contribution in [2.24, 2.45) is 0 Å². The lowest BCUT2D eigenvalue weighted by atomic mass is 10.2. The van der Waals surface area contributed by atoms with Crippen molar-refractivity contribution in [3.05, 3.63) is 54.1 Å². The van der Waals surface area contributed by atoms with Crippen LogP contribution in [0.1, 0.15) is 24.8 Å². The third-order valence-corrected chi connectivity index (χ3v) is 8.83. The molecule has 0 atom stereocenters. The summed E-state index contributed by atoms with van der Waals surface area (Å²) in [5.41, 5.74) is 1.88. The average molecular weight is 502 g/mol. The number of fused-ring (bicyclic) bond motifs is 1. The van der Waals surface area contributed by atoms with Gasteiger partial charge in [-0.05, 0) is 44.0 Å². The van der Waals surface area contributed by atoms with Crippen molar-refractivity contribution in [2.75, 3.05) is 50.0 Å². The van der Waals surface area contributed by atoms with Crippen LogP contribution >= 0.6 is 11.3 Å². The molecular formula is C25H31N3O4S2. The Balaban J connectivity index is 1.40. The van der Waals surface area contributed by atoms with Crippen LogP contribution in [0, 0.1) is 6.92 Å². The number of benzene rings is 2. The molecule has 7 nitrogen and oxygen atoms in total. The second kappa shape index (κ2) is 11.4. The van der Waals surface area contributed by atoms with Crippen molar-refractivity contribution < 1.29 is 17.9 Å². The summed E-state index contributed by atoms with van der Waals surface area (Å²) in [6.07, 6.45) is 1.27. The third-order valence-electron chi connectivity index (χ3n) is 5.96. The molecule has 182 valence electrons. The van der Waals surface area contributed by atoms with Crippen molar-refractivity contribution in [3.63, 3.8) is 0 Å². The molecule has 1 aromatic heterocycles. The van der Waals surface area contributed by atoms with E-state index in [1.165, 1.54) is 11.3 Å². The van der Waals surface area contributed by atoms with Crippen LogP contribution in [0.2, 0.25) is 0 Å². The standard InChI is InChI=1S/C25H31N3O4S2/c1-20-9-11-21(12-10-20)34(30,31)19-4-8-24(29)28(14-5-13-27-15-17-32-18-16-27)25-26-22-6-2-3-7-23(22)33-25/h2-3,6-7,9-12H,4-5,8,13-19H2,1H3. The number of hydrogen-bond acceptors (Lipinski definition) is 7. The van der Waals surface area contributed by atoms with Gasteiger partial charge in [0.15, 0.2) is 15.0 Å². The summed E-state index contributed by atoms with van der Waals surface area (Å²) in [4.78, 5) is 22.3. The van der Waals surface area contributed by atoms with Gasteiger partial charge in [0.05, 0.1) is 34.1 Å². The number of carbonyl (C=O) groups excluding carboxylic acids is 1. The Hall–Kier alpha value is -2.33. The Morgan fingerprint density at radius 1 is 1.09 bits per heavy atom. The number of ether oxygens (including phenoxy) is 1. The van der Waals surface area contributed by atoms with Gasteiger partial charge in [-0.1, -0.05) is 41.2 Å². The zero-order chi connectivity index (χ0) is 24.0. The van der Waals surface area contributed by atoms with Crippen molar-refractivity contribution in [3.8, 4) is 0 Å². The molecule has 2 aromatic carbocycles. The predicted octanol–water partition coefficient (Wildman–Crippen LogP) is 3.91. The van der Waals surface area contributed by atoms with Crippen LogP contribution in [0.3, 0.4) is 0 Å². The molecule has 0 unspecified atom stereocenters. The molecule has 3 aromatic rings. The van der Waals surface area contributed by atoms with Gasteiger partial charge in [0.1, 0.15) is 0 Å². The van der Waals surface area contributed by atoms with E-state index in [0.717, 1.165) is 55.0 Å². The molecule has 1 amide bonds. The number of carbonyl (C=O) groups is 1. The maximum atomic E-state index is 13.2. The smallest absolute Gasteiger partial charge is 0.228 e. The van der Waals surface area contributed by atoms with E-state index in [4.69, 9.17) is 4.74 Å². The van der Waals surface area contributed by atoms with E-state index >= 15 is 0 Å². The molecule has 0 radical (unpaired) electrons. The fraction of sp³-hybridized carbons (Fsp3) is 0.440. The number of nitrogens with zero attached hydrogens (tertiary/aromatic N) is 3. The number of thiazole rings is 1. The number of sulfone groups is 1. The summed E-state index contributed by atoms with van der Waals surface area (Å²) in [5.74, 6) is -0.136. The number of hydrogen-bond donors (Lipinski definition) is 0. The first-order chi connectivity index (χ1) is 16.4. The van der Waals surface area contributed by atoms with Crippen molar-refractivity contribution >= 4 is 42.4 Å². The van der Waals surface area contributed by atoms with E-state index in [1.807, 2.05) is 31.2 Å². The van der Waals surface area contributed by atoms with Crippen LogP contribution in [-0.2, 0) is 19.4 Å². The Bertz CT molecular complexity index is 1170. The number of aryl methyl sites for hydroxylation is 1. The molecule has 34 heavy (non-hydrogen) atoms. The lowest BCUT2D eigenvalue weighted by Gasteiger charge is -2.27. The van der Waals surface area contributed by atoms with Gasteiger partial charge in [-0.25, -0.2) is 13.4 Å². The first-order valence-electron chi connectivity index (χ1n) is 11.7.